The first-order chi connectivity index (χ1) is 17.5. The highest BCUT2D eigenvalue weighted by molar-refractivity contribution is 6.46. The number of aliphatic hydroxyl groups excluding tert-OH is 1. The highest BCUT2D eigenvalue weighted by atomic mass is 16.5. The molecule has 37 heavy (non-hydrogen) atoms. The van der Waals surface area contributed by atoms with E-state index >= 15 is 0 Å². The number of hydrogen-bond donors (Lipinski definition) is 1. The van der Waals surface area contributed by atoms with Crippen LogP contribution in [0.3, 0.4) is 0 Å². The molecule has 0 bridgehead atoms. The molecule has 6 heteroatoms. The van der Waals surface area contributed by atoms with Gasteiger partial charge in [-0.05, 0) is 66.7 Å². The molecule has 0 saturated carbocycles. The molecule has 6 nitrogen and oxygen atoms in total. The molecule has 1 N–H and O–H groups in total. The first-order valence-corrected chi connectivity index (χ1v) is 13.4. The van der Waals surface area contributed by atoms with E-state index in [1.54, 1.807) is 11.0 Å². The molecule has 1 aliphatic rings. The van der Waals surface area contributed by atoms with Crippen molar-refractivity contribution in [1.29, 1.82) is 0 Å². The third kappa shape index (κ3) is 6.24. The third-order valence-electron chi connectivity index (χ3n) is 7.09. The van der Waals surface area contributed by atoms with Crippen LogP contribution in [0.15, 0.2) is 48.0 Å². The van der Waals surface area contributed by atoms with Crippen molar-refractivity contribution in [2.75, 3.05) is 32.8 Å². The number of ether oxygens (including phenoxy) is 1. The Hall–Kier alpha value is -3.12. The van der Waals surface area contributed by atoms with E-state index in [0.29, 0.717) is 25.3 Å². The molecule has 1 heterocycles. The molecule has 1 aliphatic heterocycles. The summed E-state index contributed by atoms with van der Waals surface area (Å²) in [5, 5.41) is 11.4. The maximum Gasteiger partial charge on any atom is 0.295 e. The van der Waals surface area contributed by atoms with E-state index in [0.717, 1.165) is 42.0 Å². The van der Waals surface area contributed by atoms with Gasteiger partial charge in [-0.1, -0.05) is 65.8 Å². The average Bonchev–Trinajstić information content (AvgIpc) is 3.12. The van der Waals surface area contributed by atoms with Crippen LogP contribution in [0, 0.1) is 6.92 Å². The van der Waals surface area contributed by atoms with Gasteiger partial charge in [0.25, 0.3) is 11.7 Å². The summed E-state index contributed by atoms with van der Waals surface area (Å²) in [5.41, 5.74) is 3.44. The second-order valence-electron chi connectivity index (χ2n) is 10.7. The largest absolute Gasteiger partial charge is 0.507 e. The third-order valence-corrected chi connectivity index (χ3v) is 7.09. The summed E-state index contributed by atoms with van der Waals surface area (Å²) in [4.78, 5) is 30.5. The number of hydrogen-bond acceptors (Lipinski definition) is 5. The van der Waals surface area contributed by atoms with E-state index in [1.807, 2.05) is 50.2 Å². The Morgan fingerprint density at radius 1 is 1.03 bits per heavy atom. The SMILES string of the molecule is CCCOc1ccc(/C(O)=C2/C(=O)C(=O)N(CCN(CC)CC)C2c2ccc(C(C)(C)C)cc2)cc1C. The molecule has 1 amide bonds. The fraction of sp³-hybridized carbons (Fsp3) is 0.484. The summed E-state index contributed by atoms with van der Waals surface area (Å²) in [6.45, 7) is 17.9. The molecule has 2 aromatic rings. The molecule has 2 aromatic carbocycles. The molecule has 1 unspecified atom stereocenters. The van der Waals surface area contributed by atoms with Gasteiger partial charge in [-0.2, -0.15) is 0 Å². The van der Waals surface area contributed by atoms with Crippen molar-refractivity contribution in [2.24, 2.45) is 0 Å². The molecular weight excluding hydrogens is 464 g/mol. The topological polar surface area (TPSA) is 70.1 Å². The van der Waals surface area contributed by atoms with Gasteiger partial charge < -0.3 is 19.6 Å². The van der Waals surface area contributed by atoms with Crippen LogP contribution in [0.1, 0.15) is 76.3 Å². The normalized spacial score (nSPS) is 17.6. The second kappa shape index (κ2) is 12.0. The molecular formula is C31H42N2O4. The molecule has 1 fully saturated rings. The van der Waals surface area contributed by atoms with Crippen LogP contribution in [0.25, 0.3) is 5.76 Å². The lowest BCUT2D eigenvalue weighted by atomic mass is 9.85. The molecule has 3 rings (SSSR count). The first kappa shape index (κ1) is 28.5. The Balaban J connectivity index is 2.09. The van der Waals surface area contributed by atoms with Crippen LogP contribution in [0.4, 0.5) is 0 Å². The van der Waals surface area contributed by atoms with Crippen molar-refractivity contribution in [3.63, 3.8) is 0 Å². The summed E-state index contributed by atoms with van der Waals surface area (Å²) in [6.07, 6.45) is 0.895. The minimum Gasteiger partial charge on any atom is -0.507 e. The van der Waals surface area contributed by atoms with Crippen molar-refractivity contribution in [3.05, 3.63) is 70.3 Å². The van der Waals surface area contributed by atoms with Crippen molar-refractivity contribution >= 4 is 17.4 Å². The minimum atomic E-state index is -0.652. The smallest absolute Gasteiger partial charge is 0.295 e. The number of aliphatic hydroxyl groups is 1. The highest BCUT2D eigenvalue weighted by Crippen LogP contribution is 2.40. The predicted octanol–water partition coefficient (Wildman–Crippen LogP) is 5.84. The number of carbonyl (C=O) groups is 2. The Kier molecular flexibility index (Phi) is 9.19. The van der Waals surface area contributed by atoms with Crippen molar-refractivity contribution in [3.8, 4) is 5.75 Å². The maximum absolute atomic E-state index is 13.4. The van der Waals surface area contributed by atoms with Gasteiger partial charge in [-0.3, -0.25) is 9.59 Å². The zero-order valence-electron chi connectivity index (χ0n) is 23.4. The maximum atomic E-state index is 13.4. The van der Waals surface area contributed by atoms with E-state index in [-0.39, 0.29) is 16.7 Å². The van der Waals surface area contributed by atoms with E-state index in [1.165, 1.54) is 0 Å². The monoisotopic (exact) mass is 506 g/mol. The number of Topliss-reactive ketones (excluding diaryl/α,β-unsaturated/α-hetero) is 1. The van der Waals surface area contributed by atoms with Gasteiger partial charge in [0.2, 0.25) is 0 Å². The van der Waals surface area contributed by atoms with Crippen LogP contribution >= 0.6 is 0 Å². The number of ketones is 1. The number of likely N-dealkylation sites (tertiary alicyclic amines) is 1. The van der Waals surface area contributed by atoms with Gasteiger partial charge in [0.15, 0.2) is 0 Å². The van der Waals surface area contributed by atoms with Gasteiger partial charge in [-0.15, -0.1) is 0 Å². The van der Waals surface area contributed by atoms with Gasteiger partial charge in [0.05, 0.1) is 18.2 Å². The predicted molar refractivity (Wildman–Crippen MR) is 149 cm³/mol. The summed E-state index contributed by atoms with van der Waals surface area (Å²) >= 11 is 0. The molecule has 200 valence electrons. The molecule has 0 aliphatic carbocycles. The molecule has 1 atom stereocenters. The summed E-state index contributed by atoms with van der Waals surface area (Å²) in [6, 6.07) is 12.8. The Morgan fingerprint density at radius 2 is 1.68 bits per heavy atom. The van der Waals surface area contributed by atoms with Crippen LogP contribution in [0.5, 0.6) is 5.75 Å². The van der Waals surface area contributed by atoms with Gasteiger partial charge >= 0.3 is 0 Å². The van der Waals surface area contributed by atoms with Gasteiger partial charge in [0.1, 0.15) is 11.5 Å². The number of carbonyl (C=O) groups excluding carboxylic acids is 2. The average molecular weight is 507 g/mol. The quantitative estimate of drug-likeness (QED) is 0.249. The zero-order valence-corrected chi connectivity index (χ0v) is 23.4. The fourth-order valence-corrected chi connectivity index (χ4v) is 4.74. The van der Waals surface area contributed by atoms with Crippen molar-refractivity contribution in [1.82, 2.24) is 9.80 Å². The van der Waals surface area contributed by atoms with Gasteiger partial charge in [-0.25, -0.2) is 0 Å². The number of rotatable bonds is 10. The molecule has 0 radical (unpaired) electrons. The van der Waals surface area contributed by atoms with Gasteiger partial charge in [0, 0.05) is 18.7 Å². The van der Waals surface area contributed by atoms with Crippen LogP contribution in [-0.4, -0.2) is 59.4 Å². The number of aryl methyl sites for hydroxylation is 1. The van der Waals surface area contributed by atoms with Crippen molar-refractivity contribution < 1.29 is 19.4 Å². The number of nitrogens with zero attached hydrogens (tertiary/aromatic N) is 2. The first-order valence-electron chi connectivity index (χ1n) is 13.4. The summed E-state index contributed by atoms with van der Waals surface area (Å²) in [7, 11) is 0. The van der Waals surface area contributed by atoms with Crippen LogP contribution < -0.4 is 4.74 Å². The lowest BCUT2D eigenvalue weighted by Gasteiger charge is -2.28. The fourth-order valence-electron chi connectivity index (χ4n) is 4.74. The summed E-state index contributed by atoms with van der Waals surface area (Å²) < 4.78 is 5.77. The summed E-state index contributed by atoms with van der Waals surface area (Å²) in [5.74, 6) is -0.629. The van der Waals surface area contributed by atoms with Crippen molar-refractivity contribution in [2.45, 2.75) is 66.3 Å². The number of amides is 1. The van der Waals surface area contributed by atoms with E-state index < -0.39 is 17.7 Å². The Bertz CT molecular complexity index is 1140. The van der Waals surface area contributed by atoms with E-state index in [9.17, 15) is 14.7 Å². The Labute approximate surface area is 221 Å². The zero-order chi connectivity index (χ0) is 27.3. The molecule has 0 spiro atoms. The lowest BCUT2D eigenvalue weighted by Crippen LogP contribution is -2.38. The Morgan fingerprint density at radius 3 is 2.22 bits per heavy atom. The second-order valence-corrected chi connectivity index (χ2v) is 10.7. The van der Waals surface area contributed by atoms with Crippen LogP contribution in [-0.2, 0) is 15.0 Å². The van der Waals surface area contributed by atoms with Crippen LogP contribution in [0.2, 0.25) is 0 Å². The highest BCUT2D eigenvalue weighted by Gasteiger charge is 2.46. The lowest BCUT2D eigenvalue weighted by molar-refractivity contribution is -0.140. The number of benzene rings is 2. The van der Waals surface area contributed by atoms with E-state index in [4.69, 9.17) is 4.74 Å². The molecule has 1 saturated heterocycles. The van der Waals surface area contributed by atoms with E-state index in [2.05, 4.69) is 39.5 Å². The standard InChI is InChI=1S/C31H42N2O4/c1-8-19-37-25-16-13-23(20-21(25)4)28(34)26-27(22-11-14-24(15-12-22)31(5,6)7)33(30(36)29(26)35)18-17-32(9-2)10-3/h11-16,20,27,34H,8-10,17-19H2,1-7H3/b28-26-. The minimum absolute atomic E-state index is 0.0256. The molecule has 0 aromatic heterocycles. The number of likely N-dealkylation sites (N-methyl/N-ethyl adjacent to an activating group) is 1.